The van der Waals surface area contributed by atoms with E-state index in [1.165, 1.54) is 18.4 Å². The Morgan fingerprint density at radius 1 is 1.33 bits per heavy atom. The molecule has 0 atom stereocenters. The lowest BCUT2D eigenvalue weighted by Crippen LogP contribution is -2.02. The van der Waals surface area contributed by atoms with Gasteiger partial charge in [-0.1, -0.05) is 12.1 Å². The number of aromatic nitrogens is 1. The number of aryl methyl sites for hydroxylation is 2. The summed E-state index contributed by atoms with van der Waals surface area (Å²) in [4.78, 5) is 5.73. The lowest BCUT2D eigenvalue weighted by atomic mass is 10.1. The first-order valence-electron chi connectivity index (χ1n) is 7.46. The highest BCUT2D eigenvalue weighted by molar-refractivity contribution is 7.11. The number of rotatable bonds is 6. The molecule has 0 amide bonds. The zero-order valence-electron chi connectivity index (χ0n) is 12.6. The van der Waals surface area contributed by atoms with Crippen molar-refractivity contribution in [2.24, 2.45) is 0 Å². The van der Waals surface area contributed by atoms with Crippen molar-refractivity contribution in [2.45, 2.75) is 45.6 Å². The van der Waals surface area contributed by atoms with E-state index in [1.807, 2.05) is 0 Å². The minimum absolute atomic E-state index is 0.112. The number of aliphatic hydroxyl groups excluding tert-OH is 1. The largest absolute Gasteiger partial charge is 0.493 e. The standard InChI is InChI=1S/C17H21NO2S/c1-11-3-4-12(2)14(9-11)20-8-7-16-18-17(13-5-6-13)15(10-19)21-16/h3-4,9,13,19H,5-8,10H2,1-2H3. The maximum Gasteiger partial charge on any atom is 0.122 e. The maximum atomic E-state index is 9.42. The van der Waals surface area contributed by atoms with Gasteiger partial charge in [0.05, 0.1) is 28.8 Å². The molecular formula is C17H21NO2S. The van der Waals surface area contributed by atoms with Gasteiger partial charge in [0.15, 0.2) is 0 Å². The Balaban J connectivity index is 1.61. The third-order valence-corrected chi connectivity index (χ3v) is 4.91. The first kappa shape index (κ1) is 14.5. The maximum absolute atomic E-state index is 9.42. The van der Waals surface area contributed by atoms with Gasteiger partial charge in [0.1, 0.15) is 5.75 Å². The van der Waals surface area contributed by atoms with Gasteiger partial charge in [-0.15, -0.1) is 11.3 Å². The number of hydrogen-bond donors (Lipinski definition) is 1. The molecule has 0 spiro atoms. The van der Waals surface area contributed by atoms with Gasteiger partial charge >= 0.3 is 0 Å². The van der Waals surface area contributed by atoms with Crippen LogP contribution < -0.4 is 4.74 Å². The Kier molecular flexibility index (Phi) is 4.27. The lowest BCUT2D eigenvalue weighted by Gasteiger charge is -2.08. The Bertz CT molecular complexity index is 632. The van der Waals surface area contributed by atoms with E-state index in [4.69, 9.17) is 9.72 Å². The van der Waals surface area contributed by atoms with Crippen molar-refractivity contribution in [1.29, 1.82) is 0 Å². The van der Waals surface area contributed by atoms with Crippen LogP contribution in [0.2, 0.25) is 0 Å². The fourth-order valence-corrected chi connectivity index (χ4v) is 3.42. The quantitative estimate of drug-likeness (QED) is 0.883. The third kappa shape index (κ3) is 3.44. The lowest BCUT2D eigenvalue weighted by molar-refractivity contribution is 0.284. The highest BCUT2D eigenvalue weighted by Gasteiger charge is 2.29. The fraction of sp³-hybridized carbons (Fsp3) is 0.471. The summed E-state index contributed by atoms with van der Waals surface area (Å²) in [6, 6.07) is 6.26. The second-order valence-corrected chi connectivity index (χ2v) is 6.88. The highest BCUT2D eigenvalue weighted by atomic mass is 32.1. The summed E-state index contributed by atoms with van der Waals surface area (Å²) in [5.41, 5.74) is 3.50. The average Bonchev–Trinajstić information content (AvgIpc) is 3.23. The second kappa shape index (κ2) is 6.16. The molecule has 1 saturated carbocycles. The van der Waals surface area contributed by atoms with E-state index in [0.717, 1.165) is 33.3 Å². The number of benzene rings is 1. The van der Waals surface area contributed by atoms with Gasteiger partial charge in [-0.3, -0.25) is 0 Å². The summed E-state index contributed by atoms with van der Waals surface area (Å²) in [6.45, 7) is 4.88. The van der Waals surface area contributed by atoms with E-state index in [0.29, 0.717) is 12.5 Å². The zero-order valence-corrected chi connectivity index (χ0v) is 13.4. The molecule has 4 heteroatoms. The van der Waals surface area contributed by atoms with Crippen molar-refractivity contribution >= 4 is 11.3 Å². The van der Waals surface area contributed by atoms with E-state index in [2.05, 4.69) is 32.0 Å². The Labute approximate surface area is 129 Å². The summed E-state index contributed by atoms with van der Waals surface area (Å²) >= 11 is 1.63. The first-order valence-corrected chi connectivity index (χ1v) is 8.28. The number of hydrogen-bond acceptors (Lipinski definition) is 4. The summed E-state index contributed by atoms with van der Waals surface area (Å²) in [5, 5.41) is 10.5. The molecule has 1 N–H and O–H groups in total. The average molecular weight is 303 g/mol. The number of thiazole rings is 1. The molecule has 3 nitrogen and oxygen atoms in total. The van der Waals surface area contributed by atoms with Gasteiger partial charge in [-0.2, -0.15) is 0 Å². The topological polar surface area (TPSA) is 42.4 Å². The Morgan fingerprint density at radius 3 is 2.86 bits per heavy atom. The summed E-state index contributed by atoms with van der Waals surface area (Å²) in [6.07, 6.45) is 3.24. The predicted octanol–water partition coefficient (Wildman–Crippen LogP) is 3.75. The second-order valence-electron chi connectivity index (χ2n) is 5.72. The zero-order chi connectivity index (χ0) is 14.8. The van der Waals surface area contributed by atoms with E-state index in [-0.39, 0.29) is 6.61 Å². The van der Waals surface area contributed by atoms with E-state index in [1.54, 1.807) is 11.3 Å². The number of aliphatic hydroxyl groups is 1. The molecule has 2 aromatic rings. The Morgan fingerprint density at radius 2 is 2.14 bits per heavy atom. The van der Waals surface area contributed by atoms with E-state index in [9.17, 15) is 5.11 Å². The van der Waals surface area contributed by atoms with Crippen LogP contribution >= 0.6 is 11.3 Å². The summed E-state index contributed by atoms with van der Waals surface area (Å²) in [7, 11) is 0. The van der Waals surface area contributed by atoms with Gasteiger partial charge in [-0.05, 0) is 43.9 Å². The monoisotopic (exact) mass is 303 g/mol. The van der Waals surface area contributed by atoms with Crippen LogP contribution in [0.25, 0.3) is 0 Å². The molecule has 21 heavy (non-hydrogen) atoms. The minimum Gasteiger partial charge on any atom is -0.493 e. The molecule has 112 valence electrons. The smallest absolute Gasteiger partial charge is 0.122 e. The van der Waals surface area contributed by atoms with Crippen LogP contribution in [0.15, 0.2) is 18.2 Å². The molecule has 0 aliphatic heterocycles. The number of nitrogens with zero attached hydrogens (tertiary/aromatic N) is 1. The SMILES string of the molecule is Cc1ccc(C)c(OCCc2nc(C3CC3)c(CO)s2)c1. The Hall–Kier alpha value is -1.39. The van der Waals surface area contributed by atoms with Crippen LogP contribution in [0, 0.1) is 13.8 Å². The van der Waals surface area contributed by atoms with Crippen molar-refractivity contribution in [3.63, 3.8) is 0 Å². The van der Waals surface area contributed by atoms with Crippen molar-refractivity contribution in [2.75, 3.05) is 6.61 Å². The number of ether oxygens (including phenoxy) is 1. The van der Waals surface area contributed by atoms with Gasteiger partial charge in [0.25, 0.3) is 0 Å². The van der Waals surface area contributed by atoms with Crippen molar-refractivity contribution in [3.05, 3.63) is 44.9 Å². The molecule has 1 heterocycles. The summed E-state index contributed by atoms with van der Waals surface area (Å²) in [5.74, 6) is 1.55. The molecule has 1 aromatic heterocycles. The van der Waals surface area contributed by atoms with Crippen LogP contribution in [0.1, 0.15) is 45.5 Å². The van der Waals surface area contributed by atoms with Crippen molar-refractivity contribution < 1.29 is 9.84 Å². The molecule has 1 fully saturated rings. The summed E-state index contributed by atoms with van der Waals surface area (Å²) < 4.78 is 5.88. The van der Waals surface area contributed by atoms with Gasteiger partial charge < -0.3 is 9.84 Å². The van der Waals surface area contributed by atoms with Crippen molar-refractivity contribution in [1.82, 2.24) is 4.98 Å². The van der Waals surface area contributed by atoms with Crippen LogP contribution in [-0.2, 0) is 13.0 Å². The predicted molar refractivity (Wildman–Crippen MR) is 85.1 cm³/mol. The molecule has 0 radical (unpaired) electrons. The molecule has 1 aliphatic carbocycles. The first-order chi connectivity index (χ1) is 10.2. The molecular weight excluding hydrogens is 282 g/mol. The normalized spacial score (nSPS) is 14.4. The van der Waals surface area contributed by atoms with Crippen LogP contribution in [-0.4, -0.2) is 16.7 Å². The molecule has 0 bridgehead atoms. The van der Waals surface area contributed by atoms with Crippen LogP contribution in [0.4, 0.5) is 0 Å². The van der Waals surface area contributed by atoms with Crippen LogP contribution in [0.5, 0.6) is 5.75 Å². The molecule has 1 aliphatic rings. The molecule has 0 unspecified atom stereocenters. The van der Waals surface area contributed by atoms with Gasteiger partial charge in [-0.25, -0.2) is 4.98 Å². The molecule has 0 saturated heterocycles. The van der Waals surface area contributed by atoms with Gasteiger partial charge in [0.2, 0.25) is 0 Å². The molecule has 3 rings (SSSR count). The van der Waals surface area contributed by atoms with E-state index >= 15 is 0 Å². The third-order valence-electron chi connectivity index (χ3n) is 3.80. The van der Waals surface area contributed by atoms with Gasteiger partial charge in [0, 0.05) is 12.3 Å². The molecule has 1 aromatic carbocycles. The fourth-order valence-electron chi connectivity index (χ4n) is 2.42. The van der Waals surface area contributed by atoms with E-state index < -0.39 is 0 Å². The minimum atomic E-state index is 0.112. The highest BCUT2D eigenvalue weighted by Crippen LogP contribution is 2.42. The van der Waals surface area contributed by atoms with Crippen molar-refractivity contribution in [3.8, 4) is 5.75 Å². The van der Waals surface area contributed by atoms with Crippen LogP contribution in [0.3, 0.4) is 0 Å².